The number of hydrogen-bond acceptors (Lipinski definition) is 5. The van der Waals surface area contributed by atoms with Crippen LogP contribution in [0.3, 0.4) is 0 Å². The van der Waals surface area contributed by atoms with E-state index >= 15 is 0 Å². The zero-order valence-electron chi connectivity index (χ0n) is 14.0. The zero-order valence-corrected chi connectivity index (χ0v) is 15.6. The Morgan fingerprint density at radius 2 is 2.31 bits per heavy atom. The molecular weight excluding hydrogens is 374 g/mol. The fraction of sp³-hybridized carbons (Fsp3) is 0.333. The molecular formula is C18H16ClN3O3S. The fourth-order valence-electron chi connectivity index (χ4n) is 3.23. The summed E-state index contributed by atoms with van der Waals surface area (Å²) in [5.41, 5.74) is 1.04. The van der Waals surface area contributed by atoms with Gasteiger partial charge in [-0.3, -0.25) is 14.9 Å². The smallest absolute Gasteiger partial charge is 0.283 e. The molecule has 26 heavy (non-hydrogen) atoms. The minimum absolute atomic E-state index is 0.0823. The van der Waals surface area contributed by atoms with Gasteiger partial charge in [0.1, 0.15) is 16.6 Å². The largest absolute Gasteiger partial charge is 0.312 e. The Kier molecular flexibility index (Phi) is 5.25. The highest BCUT2D eigenvalue weighted by Gasteiger charge is 2.27. The van der Waals surface area contributed by atoms with Crippen LogP contribution in [-0.4, -0.2) is 10.8 Å². The zero-order chi connectivity index (χ0) is 18.8. The van der Waals surface area contributed by atoms with Crippen LogP contribution in [0.4, 0.5) is 10.7 Å². The number of hydrogen-bond donors (Lipinski definition) is 1. The van der Waals surface area contributed by atoms with Crippen molar-refractivity contribution in [1.82, 2.24) is 0 Å². The second kappa shape index (κ2) is 7.44. The molecule has 1 heterocycles. The molecule has 1 N–H and O–H groups in total. The van der Waals surface area contributed by atoms with Crippen molar-refractivity contribution in [2.45, 2.75) is 32.6 Å². The van der Waals surface area contributed by atoms with Crippen molar-refractivity contribution < 1.29 is 9.72 Å². The molecule has 1 aliphatic rings. The molecule has 0 saturated carbocycles. The van der Waals surface area contributed by atoms with Gasteiger partial charge in [0, 0.05) is 16.0 Å². The van der Waals surface area contributed by atoms with Gasteiger partial charge in [-0.25, -0.2) is 0 Å². The van der Waals surface area contributed by atoms with Crippen molar-refractivity contribution in [1.29, 1.82) is 5.26 Å². The highest BCUT2D eigenvalue weighted by Crippen LogP contribution is 2.40. The first-order valence-corrected chi connectivity index (χ1v) is 9.44. The molecule has 2 aromatic rings. The first-order valence-electron chi connectivity index (χ1n) is 8.24. The van der Waals surface area contributed by atoms with E-state index in [9.17, 15) is 20.2 Å². The predicted octanol–water partition coefficient (Wildman–Crippen LogP) is 4.95. The second-order valence-corrected chi connectivity index (χ2v) is 7.75. The van der Waals surface area contributed by atoms with Crippen LogP contribution >= 0.6 is 22.9 Å². The molecule has 0 saturated heterocycles. The number of anilines is 1. The lowest BCUT2D eigenvalue weighted by Crippen LogP contribution is -2.14. The van der Waals surface area contributed by atoms with E-state index < -0.39 is 10.8 Å². The van der Waals surface area contributed by atoms with E-state index in [4.69, 9.17) is 11.6 Å². The van der Waals surface area contributed by atoms with Crippen LogP contribution in [0.5, 0.6) is 0 Å². The van der Waals surface area contributed by atoms with Crippen molar-refractivity contribution in [2.75, 3.05) is 5.32 Å². The Balaban J connectivity index is 1.93. The van der Waals surface area contributed by atoms with E-state index in [-0.39, 0.29) is 16.3 Å². The number of halogens is 1. The number of carbonyl (C=O) groups is 1. The summed E-state index contributed by atoms with van der Waals surface area (Å²) < 4.78 is 0. The van der Waals surface area contributed by atoms with Gasteiger partial charge >= 0.3 is 0 Å². The first kappa shape index (κ1) is 18.4. The molecule has 0 fully saturated rings. The summed E-state index contributed by atoms with van der Waals surface area (Å²) in [6.07, 6.45) is 3.84. The van der Waals surface area contributed by atoms with Crippen molar-refractivity contribution >= 4 is 39.5 Å². The van der Waals surface area contributed by atoms with Crippen LogP contribution < -0.4 is 5.32 Å². The summed E-state index contributed by atoms with van der Waals surface area (Å²) in [5.74, 6) is -0.0240. The Morgan fingerprint density at radius 1 is 1.54 bits per heavy atom. The number of carbonyl (C=O) groups excluding carboxylic acids is 1. The van der Waals surface area contributed by atoms with Gasteiger partial charge in [0.2, 0.25) is 0 Å². The van der Waals surface area contributed by atoms with Crippen LogP contribution in [-0.2, 0) is 12.8 Å². The average Bonchev–Trinajstić information content (AvgIpc) is 2.97. The highest BCUT2D eigenvalue weighted by atomic mass is 35.5. The van der Waals surface area contributed by atoms with Gasteiger partial charge in [-0.1, -0.05) is 24.9 Å². The van der Waals surface area contributed by atoms with E-state index in [2.05, 4.69) is 18.3 Å². The lowest BCUT2D eigenvalue weighted by Gasteiger charge is -2.20. The van der Waals surface area contributed by atoms with Gasteiger partial charge in [-0.2, -0.15) is 5.26 Å². The van der Waals surface area contributed by atoms with Crippen LogP contribution in [0.2, 0.25) is 5.02 Å². The number of nitro groups is 1. The molecule has 1 atom stereocenters. The molecule has 1 aliphatic carbocycles. The molecule has 6 nitrogen and oxygen atoms in total. The molecule has 3 rings (SSSR count). The summed E-state index contributed by atoms with van der Waals surface area (Å²) in [4.78, 5) is 24.3. The number of nitrogens with zero attached hydrogens (tertiary/aromatic N) is 2. The van der Waals surface area contributed by atoms with Gasteiger partial charge in [-0.05, 0) is 42.9 Å². The first-order chi connectivity index (χ1) is 12.4. The average molecular weight is 390 g/mol. The van der Waals surface area contributed by atoms with Crippen molar-refractivity contribution in [3.8, 4) is 6.07 Å². The summed E-state index contributed by atoms with van der Waals surface area (Å²) in [6, 6.07) is 6.08. The van der Waals surface area contributed by atoms with Gasteiger partial charge < -0.3 is 5.32 Å². The molecule has 134 valence electrons. The molecule has 8 heteroatoms. The SMILES string of the molecule is CC[C@H]1CCc2c(sc(NC(=O)c3ccc(Cl)cc3[N+](=O)[O-])c2C#N)C1. The lowest BCUT2D eigenvalue weighted by molar-refractivity contribution is -0.385. The summed E-state index contributed by atoms with van der Waals surface area (Å²) in [5, 5.41) is 24.1. The van der Waals surface area contributed by atoms with E-state index in [0.717, 1.165) is 42.2 Å². The molecule has 0 unspecified atom stereocenters. The number of rotatable bonds is 4. The van der Waals surface area contributed by atoms with Gasteiger partial charge in [0.05, 0.1) is 10.5 Å². The van der Waals surface area contributed by atoms with E-state index in [1.54, 1.807) is 0 Å². The molecule has 0 bridgehead atoms. The number of nitriles is 1. The molecule has 1 amide bonds. The quantitative estimate of drug-likeness (QED) is 0.591. The Hall–Kier alpha value is -2.43. The summed E-state index contributed by atoms with van der Waals surface area (Å²) in [6.45, 7) is 2.15. The normalized spacial score (nSPS) is 15.8. The maximum absolute atomic E-state index is 12.6. The van der Waals surface area contributed by atoms with Crippen LogP contribution in [0.15, 0.2) is 18.2 Å². The molecule has 0 radical (unpaired) electrons. The van der Waals surface area contributed by atoms with Crippen molar-refractivity contribution in [3.63, 3.8) is 0 Å². The second-order valence-electron chi connectivity index (χ2n) is 6.21. The van der Waals surface area contributed by atoms with Gasteiger partial charge in [0.15, 0.2) is 0 Å². The van der Waals surface area contributed by atoms with Gasteiger partial charge in [0.25, 0.3) is 11.6 Å². The predicted molar refractivity (Wildman–Crippen MR) is 101 cm³/mol. The number of benzene rings is 1. The molecule has 1 aromatic carbocycles. The van der Waals surface area contributed by atoms with Crippen LogP contribution in [0, 0.1) is 27.4 Å². The van der Waals surface area contributed by atoms with E-state index in [0.29, 0.717) is 16.5 Å². The topological polar surface area (TPSA) is 96.0 Å². The lowest BCUT2D eigenvalue weighted by atomic mass is 9.86. The Bertz CT molecular complexity index is 932. The molecule has 0 spiro atoms. The monoisotopic (exact) mass is 389 g/mol. The van der Waals surface area contributed by atoms with Gasteiger partial charge in [-0.15, -0.1) is 11.3 Å². The Labute approximate surface area is 159 Å². The van der Waals surface area contributed by atoms with Crippen molar-refractivity contribution in [2.24, 2.45) is 5.92 Å². The minimum Gasteiger partial charge on any atom is -0.312 e. The van der Waals surface area contributed by atoms with Crippen molar-refractivity contribution in [3.05, 3.63) is 54.9 Å². The van der Waals surface area contributed by atoms with E-state index in [1.165, 1.54) is 23.5 Å². The number of thiophene rings is 1. The third-order valence-corrected chi connectivity index (χ3v) is 6.09. The molecule has 1 aromatic heterocycles. The highest BCUT2D eigenvalue weighted by molar-refractivity contribution is 7.16. The maximum atomic E-state index is 12.6. The third-order valence-electron chi connectivity index (χ3n) is 4.68. The fourth-order valence-corrected chi connectivity index (χ4v) is 4.70. The number of amides is 1. The van der Waals surface area contributed by atoms with Crippen LogP contribution in [0.1, 0.15) is 46.1 Å². The number of nitrogens with one attached hydrogen (secondary N) is 1. The summed E-state index contributed by atoms with van der Waals surface area (Å²) in [7, 11) is 0. The third kappa shape index (κ3) is 3.43. The molecule has 0 aliphatic heterocycles. The number of nitro benzene ring substituents is 1. The summed E-state index contributed by atoms with van der Waals surface area (Å²) >= 11 is 7.19. The Morgan fingerprint density at radius 3 is 2.96 bits per heavy atom. The minimum atomic E-state index is -0.642. The number of fused-ring (bicyclic) bond motifs is 1. The van der Waals surface area contributed by atoms with E-state index in [1.807, 2.05) is 0 Å². The maximum Gasteiger partial charge on any atom is 0.283 e. The standard InChI is InChI=1S/C18H16ClN3O3S/c1-2-10-3-5-12-14(9-20)18(26-16(12)7-10)21-17(23)13-6-4-11(19)8-15(13)22(24)25/h4,6,8,10H,2-3,5,7H2,1H3,(H,21,23)/t10-/m0/s1. The van der Waals surface area contributed by atoms with Crippen LogP contribution in [0.25, 0.3) is 0 Å².